The summed E-state index contributed by atoms with van der Waals surface area (Å²) in [6.45, 7) is 5.18. The van der Waals surface area contributed by atoms with Crippen molar-refractivity contribution in [2.24, 2.45) is 12.0 Å². The van der Waals surface area contributed by atoms with Gasteiger partial charge in [0.05, 0.1) is 18.8 Å². The molecule has 2 rings (SSSR count). The van der Waals surface area contributed by atoms with Crippen molar-refractivity contribution in [2.75, 3.05) is 33.7 Å². The van der Waals surface area contributed by atoms with Crippen molar-refractivity contribution in [3.8, 4) is 0 Å². The summed E-state index contributed by atoms with van der Waals surface area (Å²) < 4.78 is 14.9. The molecule has 0 spiro atoms. The highest BCUT2D eigenvalue weighted by molar-refractivity contribution is 14.0. The summed E-state index contributed by atoms with van der Waals surface area (Å²) in [5.74, 6) is 0.363. The quantitative estimate of drug-likeness (QED) is 0.284. The molecule has 0 aliphatic rings. The second-order valence-electron chi connectivity index (χ2n) is 7.28. The van der Waals surface area contributed by atoms with Gasteiger partial charge in [-0.3, -0.25) is 4.68 Å². The number of hydrogen-bond acceptors (Lipinski definition) is 4. The Labute approximate surface area is 189 Å². The molecule has 162 valence electrons. The van der Waals surface area contributed by atoms with Gasteiger partial charge in [-0.1, -0.05) is 12.1 Å². The lowest BCUT2D eigenvalue weighted by molar-refractivity contribution is 0.0671. The topological polar surface area (TPSA) is 77.7 Å². The minimum Gasteiger partial charge on any atom is -0.383 e. The van der Waals surface area contributed by atoms with E-state index in [1.165, 1.54) is 12.1 Å². The zero-order chi connectivity index (χ0) is 20.7. The molecule has 0 amide bonds. The minimum atomic E-state index is -1.12. The Hall–Kier alpha value is -1.72. The molecular formula is C20H32FIN6O. The van der Waals surface area contributed by atoms with Gasteiger partial charge in [0.25, 0.3) is 0 Å². The molecule has 1 aromatic heterocycles. The van der Waals surface area contributed by atoms with Gasteiger partial charge in [0.2, 0.25) is 0 Å². The second-order valence-corrected chi connectivity index (χ2v) is 7.28. The van der Waals surface area contributed by atoms with E-state index in [-0.39, 0.29) is 42.4 Å². The SMILES string of the molecule is CCNC(=NCC(C)(O)c1cnn(C)c1)NCC(c1ccc(F)cc1)N(C)C.I. The number of aromatic nitrogens is 2. The van der Waals surface area contributed by atoms with Crippen LogP contribution in [-0.4, -0.2) is 59.5 Å². The number of nitrogens with zero attached hydrogens (tertiary/aromatic N) is 4. The molecule has 0 saturated carbocycles. The van der Waals surface area contributed by atoms with Crippen molar-refractivity contribution in [2.45, 2.75) is 25.5 Å². The van der Waals surface area contributed by atoms with Crippen molar-refractivity contribution >= 4 is 29.9 Å². The highest BCUT2D eigenvalue weighted by atomic mass is 127. The number of aliphatic hydroxyl groups is 1. The molecule has 0 bridgehead atoms. The average Bonchev–Trinajstić information content (AvgIpc) is 3.08. The van der Waals surface area contributed by atoms with E-state index in [0.717, 1.165) is 5.56 Å². The molecular weight excluding hydrogens is 486 g/mol. The van der Waals surface area contributed by atoms with Gasteiger partial charge in [0.15, 0.2) is 5.96 Å². The van der Waals surface area contributed by atoms with Crippen LogP contribution in [0.2, 0.25) is 0 Å². The molecule has 2 unspecified atom stereocenters. The maximum absolute atomic E-state index is 13.2. The van der Waals surface area contributed by atoms with Crippen LogP contribution in [0.15, 0.2) is 41.7 Å². The number of halogens is 2. The summed E-state index contributed by atoms with van der Waals surface area (Å²) in [6.07, 6.45) is 3.43. The number of nitrogens with one attached hydrogen (secondary N) is 2. The Bertz CT molecular complexity index is 776. The van der Waals surface area contributed by atoms with E-state index in [2.05, 4.69) is 25.6 Å². The fourth-order valence-corrected chi connectivity index (χ4v) is 2.84. The molecule has 0 radical (unpaired) electrons. The Kier molecular flexibility index (Phi) is 10.0. The average molecular weight is 518 g/mol. The van der Waals surface area contributed by atoms with E-state index in [0.29, 0.717) is 24.6 Å². The summed E-state index contributed by atoms with van der Waals surface area (Å²) in [7, 11) is 5.77. The standard InChI is InChI=1S/C20H31FN6O.HI/c1-6-22-19(24-14-20(2,28)16-11-25-27(5)13-16)23-12-18(26(3)4)15-7-9-17(21)10-8-15;/h7-11,13,18,28H,6,12,14H2,1-5H3,(H2,22,23,24);1H. The van der Waals surface area contributed by atoms with Crippen LogP contribution in [-0.2, 0) is 12.6 Å². The Morgan fingerprint density at radius 1 is 1.31 bits per heavy atom. The zero-order valence-corrected chi connectivity index (χ0v) is 20.0. The highest BCUT2D eigenvalue weighted by Crippen LogP contribution is 2.20. The largest absolute Gasteiger partial charge is 0.383 e. The molecule has 2 aromatic rings. The van der Waals surface area contributed by atoms with Crippen LogP contribution in [0.4, 0.5) is 4.39 Å². The fraction of sp³-hybridized carbons (Fsp3) is 0.500. The van der Waals surface area contributed by atoms with Crippen LogP contribution in [0.3, 0.4) is 0 Å². The molecule has 3 N–H and O–H groups in total. The first kappa shape index (κ1) is 25.3. The van der Waals surface area contributed by atoms with Gasteiger partial charge in [-0.2, -0.15) is 5.10 Å². The van der Waals surface area contributed by atoms with Crippen molar-refractivity contribution in [3.05, 3.63) is 53.6 Å². The predicted octanol–water partition coefficient (Wildman–Crippen LogP) is 2.24. The van der Waals surface area contributed by atoms with Crippen LogP contribution in [0, 0.1) is 5.82 Å². The van der Waals surface area contributed by atoms with E-state index >= 15 is 0 Å². The van der Waals surface area contributed by atoms with Crippen molar-refractivity contribution < 1.29 is 9.50 Å². The summed E-state index contributed by atoms with van der Waals surface area (Å²) in [5, 5.41) is 21.3. The predicted molar refractivity (Wildman–Crippen MR) is 125 cm³/mol. The van der Waals surface area contributed by atoms with E-state index in [4.69, 9.17) is 0 Å². The maximum Gasteiger partial charge on any atom is 0.191 e. The van der Waals surface area contributed by atoms with Crippen LogP contribution in [0.25, 0.3) is 0 Å². The molecule has 0 saturated heterocycles. The highest BCUT2D eigenvalue weighted by Gasteiger charge is 2.24. The normalized spacial score (nSPS) is 14.8. The van der Waals surface area contributed by atoms with E-state index < -0.39 is 5.60 Å². The van der Waals surface area contributed by atoms with Crippen molar-refractivity contribution in [1.29, 1.82) is 0 Å². The van der Waals surface area contributed by atoms with Gasteiger partial charge in [0.1, 0.15) is 11.4 Å². The molecule has 0 aliphatic carbocycles. The first-order valence-corrected chi connectivity index (χ1v) is 9.38. The number of guanidine groups is 1. The summed E-state index contributed by atoms with van der Waals surface area (Å²) >= 11 is 0. The third-order valence-electron chi connectivity index (χ3n) is 4.56. The van der Waals surface area contributed by atoms with Crippen molar-refractivity contribution in [1.82, 2.24) is 25.3 Å². The number of hydrogen-bond donors (Lipinski definition) is 3. The molecule has 1 aromatic carbocycles. The second kappa shape index (κ2) is 11.5. The number of aliphatic imine (C=N–C) groups is 1. The van der Waals surface area contributed by atoms with Gasteiger partial charge < -0.3 is 20.6 Å². The maximum atomic E-state index is 13.2. The third kappa shape index (κ3) is 7.56. The molecule has 0 fully saturated rings. The molecule has 2 atom stereocenters. The first-order chi connectivity index (χ1) is 13.2. The molecule has 29 heavy (non-hydrogen) atoms. The van der Waals surface area contributed by atoms with Crippen LogP contribution in [0.1, 0.15) is 31.0 Å². The van der Waals surface area contributed by atoms with Crippen LogP contribution < -0.4 is 10.6 Å². The van der Waals surface area contributed by atoms with Gasteiger partial charge >= 0.3 is 0 Å². The molecule has 0 aliphatic heterocycles. The van der Waals surface area contributed by atoms with Gasteiger partial charge in [-0.25, -0.2) is 9.38 Å². The van der Waals surface area contributed by atoms with Crippen LogP contribution >= 0.6 is 24.0 Å². The van der Waals surface area contributed by atoms with E-state index in [1.807, 2.05) is 28.1 Å². The molecule has 1 heterocycles. The Morgan fingerprint density at radius 2 is 1.97 bits per heavy atom. The van der Waals surface area contributed by atoms with E-state index in [1.54, 1.807) is 36.1 Å². The van der Waals surface area contributed by atoms with E-state index in [9.17, 15) is 9.50 Å². The number of rotatable bonds is 8. The van der Waals surface area contributed by atoms with Crippen LogP contribution in [0.5, 0.6) is 0 Å². The molecule has 7 nitrogen and oxygen atoms in total. The van der Waals surface area contributed by atoms with Gasteiger partial charge in [-0.05, 0) is 45.6 Å². The lowest BCUT2D eigenvalue weighted by Gasteiger charge is -2.26. The Balaban J connectivity index is 0.00000420. The summed E-state index contributed by atoms with van der Waals surface area (Å²) in [4.78, 5) is 6.60. The number of benzene rings is 1. The Morgan fingerprint density at radius 3 is 2.48 bits per heavy atom. The van der Waals surface area contributed by atoms with Crippen molar-refractivity contribution in [3.63, 3.8) is 0 Å². The molecule has 9 heteroatoms. The monoisotopic (exact) mass is 518 g/mol. The first-order valence-electron chi connectivity index (χ1n) is 9.38. The third-order valence-corrected chi connectivity index (χ3v) is 4.56. The number of likely N-dealkylation sites (N-methyl/N-ethyl adjacent to an activating group) is 1. The smallest absolute Gasteiger partial charge is 0.191 e. The number of aryl methyl sites for hydroxylation is 1. The lowest BCUT2D eigenvalue weighted by atomic mass is 10.0. The lowest BCUT2D eigenvalue weighted by Crippen LogP contribution is -2.42. The minimum absolute atomic E-state index is 0. The fourth-order valence-electron chi connectivity index (χ4n) is 2.84. The van der Waals surface area contributed by atoms with Gasteiger partial charge in [0, 0.05) is 31.9 Å². The summed E-state index contributed by atoms with van der Waals surface area (Å²) in [5.41, 5.74) is 0.610. The summed E-state index contributed by atoms with van der Waals surface area (Å²) in [6, 6.07) is 6.56. The van der Waals surface area contributed by atoms with Gasteiger partial charge in [-0.15, -0.1) is 24.0 Å². The zero-order valence-electron chi connectivity index (χ0n) is 17.7.